The summed E-state index contributed by atoms with van der Waals surface area (Å²) < 4.78 is 7.71. The van der Waals surface area contributed by atoms with Crippen LogP contribution in [0.2, 0.25) is 0 Å². The zero-order valence-corrected chi connectivity index (χ0v) is 12.9. The molecule has 1 aromatic carbocycles. The van der Waals surface area contributed by atoms with Gasteiger partial charge in [0.05, 0.1) is 18.4 Å². The molecule has 0 bridgehead atoms. The summed E-state index contributed by atoms with van der Waals surface area (Å²) in [6.45, 7) is 3.22. The van der Waals surface area contributed by atoms with E-state index >= 15 is 0 Å². The van der Waals surface area contributed by atoms with Gasteiger partial charge in [0.2, 0.25) is 0 Å². The molecule has 0 unspecified atom stereocenters. The van der Waals surface area contributed by atoms with Gasteiger partial charge in [0, 0.05) is 20.3 Å². The number of carbonyl (C=O) groups excluding carboxylic acids is 1. The topological polar surface area (TPSA) is 59.7 Å². The zero-order valence-electron chi connectivity index (χ0n) is 12.9. The number of hydrogen-bond acceptors (Lipinski definition) is 3. The number of amides is 1. The second-order valence-electron chi connectivity index (χ2n) is 5.50. The lowest BCUT2D eigenvalue weighted by Crippen LogP contribution is -2.10. The fraction of sp³-hybridized carbons (Fsp3) is 0.312. The Morgan fingerprint density at radius 1 is 1.45 bits per heavy atom. The Morgan fingerprint density at radius 2 is 2.27 bits per heavy atom. The number of carbonyl (C=O) groups is 1. The van der Waals surface area contributed by atoms with E-state index in [-0.39, 0.29) is 5.91 Å². The average molecular weight is 298 g/mol. The predicted molar refractivity (Wildman–Crippen MR) is 84.4 cm³/mol. The molecule has 114 valence electrons. The SMILES string of the molecule is Cc1ccc2c(c1)OCCn1cc(C(=O)/N=C\N(C)C)nc1-2. The molecule has 1 aliphatic heterocycles. The standard InChI is InChI=1S/C16H18N4O2/c1-11-4-5-12-14(8-11)22-7-6-20-9-13(18-15(12)20)16(21)17-10-19(2)3/h4-5,8-10H,6-7H2,1-3H3/b17-10-. The van der Waals surface area contributed by atoms with Crippen LogP contribution < -0.4 is 4.74 Å². The second kappa shape index (κ2) is 5.63. The summed E-state index contributed by atoms with van der Waals surface area (Å²) in [7, 11) is 3.63. The highest BCUT2D eigenvalue weighted by Crippen LogP contribution is 2.32. The third-order valence-electron chi connectivity index (χ3n) is 3.37. The number of rotatable bonds is 2. The van der Waals surface area contributed by atoms with E-state index in [9.17, 15) is 4.79 Å². The van der Waals surface area contributed by atoms with Crippen LogP contribution in [-0.2, 0) is 6.54 Å². The van der Waals surface area contributed by atoms with Gasteiger partial charge in [0.25, 0.3) is 5.91 Å². The molecule has 2 heterocycles. The van der Waals surface area contributed by atoms with Crippen molar-refractivity contribution in [1.82, 2.24) is 14.5 Å². The maximum absolute atomic E-state index is 12.1. The number of fused-ring (bicyclic) bond motifs is 3. The van der Waals surface area contributed by atoms with Gasteiger partial charge in [-0.2, -0.15) is 4.99 Å². The highest BCUT2D eigenvalue weighted by molar-refractivity contribution is 5.97. The maximum atomic E-state index is 12.1. The van der Waals surface area contributed by atoms with Gasteiger partial charge in [-0.25, -0.2) is 4.98 Å². The van der Waals surface area contributed by atoms with Gasteiger partial charge >= 0.3 is 0 Å². The Balaban J connectivity index is 2.01. The highest BCUT2D eigenvalue weighted by atomic mass is 16.5. The molecule has 1 aliphatic rings. The van der Waals surface area contributed by atoms with Crippen LogP contribution in [0.15, 0.2) is 29.4 Å². The van der Waals surface area contributed by atoms with E-state index in [1.807, 2.05) is 43.8 Å². The normalized spacial score (nSPS) is 13.2. The van der Waals surface area contributed by atoms with Crippen LogP contribution in [0.3, 0.4) is 0 Å². The summed E-state index contributed by atoms with van der Waals surface area (Å²) in [5, 5.41) is 0. The molecule has 0 fully saturated rings. The molecular formula is C16H18N4O2. The molecule has 0 saturated heterocycles. The molecule has 6 nitrogen and oxygen atoms in total. The smallest absolute Gasteiger partial charge is 0.298 e. The molecule has 0 spiro atoms. The van der Waals surface area contributed by atoms with Gasteiger partial charge in [-0.1, -0.05) is 6.07 Å². The largest absolute Gasteiger partial charge is 0.491 e. The first-order valence-electron chi connectivity index (χ1n) is 7.10. The van der Waals surface area contributed by atoms with Crippen LogP contribution in [0.1, 0.15) is 16.1 Å². The lowest BCUT2D eigenvalue weighted by molar-refractivity contribution is 0.0998. The first kappa shape index (κ1) is 14.3. The van der Waals surface area contributed by atoms with Crippen LogP contribution in [0.4, 0.5) is 0 Å². The van der Waals surface area contributed by atoms with Gasteiger partial charge in [-0.3, -0.25) is 4.79 Å². The summed E-state index contributed by atoms with van der Waals surface area (Å²) >= 11 is 0. The number of hydrogen-bond donors (Lipinski definition) is 0. The number of aryl methyl sites for hydroxylation is 1. The van der Waals surface area contributed by atoms with Crippen molar-refractivity contribution in [2.45, 2.75) is 13.5 Å². The Hall–Kier alpha value is -2.63. The van der Waals surface area contributed by atoms with E-state index in [0.717, 1.165) is 22.7 Å². The molecule has 1 aromatic heterocycles. The van der Waals surface area contributed by atoms with Crippen molar-refractivity contribution >= 4 is 12.2 Å². The minimum atomic E-state index is -0.344. The molecule has 0 radical (unpaired) electrons. The van der Waals surface area contributed by atoms with Gasteiger partial charge in [-0.15, -0.1) is 0 Å². The second-order valence-corrected chi connectivity index (χ2v) is 5.50. The Morgan fingerprint density at radius 3 is 3.05 bits per heavy atom. The third-order valence-corrected chi connectivity index (χ3v) is 3.37. The minimum Gasteiger partial charge on any atom is -0.491 e. The van der Waals surface area contributed by atoms with E-state index in [2.05, 4.69) is 9.98 Å². The average Bonchev–Trinajstić information content (AvgIpc) is 2.82. The molecular weight excluding hydrogens is 280 g/mol. The molecule has 0 N–H and O–H groups in total. The van der Waals surface area contributed by atoms with Crippen molar-refractivity contribution in [1.29, 1.82) is 0 Å². The molecule has 2 aromatic rings. The van der Waals surface area contributed by atoms with Crippen molar-refractivity contribution < 1.29 is 9.53 Å². The summed E-state index contributed by atoms with van der Waals surface area (Å²) in [4.78, 5) is 22.1. The van der Waals surface area contributed by atoms with E-state index in [4.69, 9.17) is 4.74 Å². The van der Waals surface area contributed by atoms with Gasteiger partial charge in [-0.05, 0) is 24.6 Å². The van der Waals surface area contributed by atoms with Crippen molar-refractivity contribution in [2.24, 2.45) is 4.99 Å². The van der Waals surface area contributed by atoms with Gasteiger partial charge in [0.1, 0.15) is 23.9 Å². The van der Waals surface area contributed by atoms with E-state index in [1.165, 1.54) is 6.34 Å². The molecule has 6 heteroatoms. The number of imidazole rings is 1. The third kappa shape index (κ3) is 2.72. The summed E-state index contributed by atoms with van der Waals surface area (Å²) in [5.41, 5.74) is 2.38. The Bertz CT molecular complexity index is 747. The molecule has 1 amide bonds. The number of ether oxygens (including phenoxy) is 1. The number of benzene rings is 1. The zero-order chi connectivity index (χ0) is 15.7. The van der Waals surface area contributed by atoms with E-state index in [1.54, 1.807) is 11.1 Å². The maximum Gasteiger partial charge on any atom is 0.298 e. The Kier molecular flexibility index (Phi) is 3.66. The van der Waals surface area contributed by atoms with Crippen molar-refractivity contribution in [3.05, 3.63) is 35.7 Å². The number of nitrogens with zero attached hydrogens (tertiary/aromatic N) is 4. The van der Waals surface area contributed by atoms with Crippen LogP contribution in [0.25, 0.3) is 11.4 Å². The van der Waals surface area contributed by atoms with Crippen LogP contribution in [0, 0.1) is 6.92 Å². The van der Waals surface area contributed by atoms with Gasteiger partial charge in [0.15, 0.2) is 0 Å². The quantitative estimate of drug-likeness (QED) is 0.628. The Labute approximate surface area is 129 Å². The lowest BCUT2D eigenvalue weighted by Gasteiger charge is -2.06. The van der Waals surface area contributed by atoms with E-state index < -0.39 is 0 Å². The monoisotopic (exact) mass is 298 g/mol. The van der Waals surface area contributed by atoms with Crippen LogP contribution in [0.5, 0.6) is 5.75 Å². The van der Waals surface area contributed by atoms with Crippen LogP contribution in [-0.4, -0.2) is 47.4 Å². The highest BCUT2D eigenvalue weighted by Gasteiger charge is 2.20. The van der Waals surface area contributed by atoms with Crippen molar-refractivity contribution in [3.8, 4) is 17.1 Å². The summed E-state index contributed by atoms with van der Waals surface area (Å²) in [6, 6.07) is 5.98. The number of aromatic nitrogens is 2. The molecule has 0 saturated carbocycles. The number of aliphatic imine (C=N–C) groups is 1. The minimum absolute atomic E-state index is 0.344. The van der Waals surface area contributed by atoms with Crippen molar-refractivity contribution in [2.75, 3.05) is 20.7 Å². The lowest BCUT2D eigenvalue weighted by atomic mass is 10.1. The fourth-order valence-corrected chi connectivity index (χ4v) is 2.33. The molecule has 3 rings (SSSR count). The van der Waals surface area contributed by atoms with Gasteiger partial charge < -0.3 is 14.2 Å². The molecule has 22 heavy (non-hydrogen) atoms. The molecule has 0 aliphatic carbocycles. The first-order valence-corrected chi connectivity index (χ1v) is 7.10. The fourth-order valence-electron chi connectivity index (χ4n) is 2.33. The summed E-state index contributed by atoms with van der Waals surface area (Å²) in [5.74, 6) is 1.21. The molecule has 0 atom stereocenters. The van der Waals surface area contributed by atoms with Crippen molar-refractivity contribution in [3.63, 3.8) is 0 Å². The van der Waals surface area contributed by atoms with E-state index in [0.29, 0.717) is 18.8 Å². The van der Waals surface area contributed by atoms with Crippen LogP contribution >= 0.6 is 0 Å². The predicted octanol–water partition coefficient (Wildman–Crippen LogP) is 1.98. The summed E-state index contributed by atoms with van der Waals surface area (Å²) in [6.07, 6.45) is 3.22. The first-order chi connectivity index (χ1) is 10.5.